The lowest BCUT2D eigenvalue weighted by atomic mass is 10.2. The maximum Gasteiger partial charge on any atom is 0.535 e. The second kappa shape index (κ2) is 7.46. The third-order valence-corrected chi connectivity index (χ3v) is 2.88. The van der Waals surface area contributed by atoms with Gasteiger partial charge in [0.15, 0.2) is 5.84 Å². The molecule has 116 valence electrons. The summed E-state index contributed by atoms with van der Waals surface area (Å²) in [5.41, 5.74) is 6.19. The van der Waals surface area contributed by atoms with Gasteiger partial charge in [0, 0.05) is 11.6 Å². The van der Waals surface area contributed by atoms with Gasteiger partial charge in [0.25, 0.3) is 0 Å². The zero-order valence-corrected chi connectivity index (χ0v) is 12.5. The molecule has 0 spiro atoms. The number of rotatable bonds is 5. The van der Waals surface area contributed by atoms with Crippen LogP contribution in [0.15, 0.2) is 35.6 Å². The van der Waals surface area contributed by atoms with Crippen molar-refractivity contribution in [3.05, 3.63) is 35.5 Å². The minimum atomic E-state index is -0.927. The van der Waals surface area contributed by atoms with Crippen molar-refractivity contribution >= 4 is 34.5 Å². The van der Waals surface area contributed by atoms with Crippen LogP contribution in [0, 0.1) is 0 Å². The van der Waals surface area contributed by atoms with Crippen LogP contribution in [0.25, 0.3) is 10.9 Å². The van der Waals surface area contributed by atoms with E-state index in [1.165, 1.54) is 0 Å². The lowest BCUT2D eigenvalue weighted by Gasteiger charge is -2.09. The van der Waals surface area contributed by atoms with Crippen LogP contribution in [0.5, 0.6) is 5.75 Å². The molecule has 2 rings (SSSR count). The molecular formula is C14H14ClN3O4. The number of aromatic nitrogens is 1. The Labute approximate surface area is 131 Å². The van der Waals surface area contributed by atoms with Gasteiger partial charge >= 0.3 is 6.16 Å². The van der Waals surface area contributed by atoms with E-state index in [0.29, 0.717) is 16.3 Å². The molecule has 0 aliphatic carbocycles. The number of nitrogens with two attached hydrogens (primary N) is 1. The van der Waals surface area contributed by atoms with Crippen molar-refractivity contribution in [3.8, 4) is 5.75 Å². The molecule has 1 heterocycles. The van der Waals surface area contributed by atoms with Crippen molar-refractivity contribution in [2.45, 2.75) is 6.92 Å². The van der Waals surface area contributed by atoms with Crippen molar-refractivity contribution in [2.24, 2.45) is 10.9 Å². The summed E-state index contributed by atoms with van der Waals surface area (Å²) in [7, 11) is 0. The van der Waals surface area contributed by atoms with E-state index in [2.05, 4.69) is 19.7 Å². The Morgan fingerprint density at radius 3 is 3.00 bits per heavy atom. The van der Waals surface area contributed by atoms with Crippen LogP contribution in [-0.2, 0) is 9.57 Å². The maximum atomic E-state index is 11.0. The molecule has 0 saturated carbocycles. The number of fused-ring (bicyclic) bond motifs is 1. The van der Waals surface area contributed by atoms with E-state index in [0.717, 1.165) is 5.39 Å². The fourth-order valence-corrected chi connectivity index (χ4v) is 1.86. The molecule has 0 saturated heterocycles. The van der Waals surface area contributed by atoms with Crippen LogP contribution < -0.4 is 10.5 Å². The number of ether oxygens (including phenoxy) is 2. The molecule has 0 unspecified atom stereocenters. The SMILES string of the molecule is CCOC(=O)O/N=C(\N)COc1ccc(Cl)c2cccnc12. The van der Waals surface area contributed by atoms with Gasteiger partial charge in [-0.25, -0.2) is 4.79 Å². The molecule has 7 nitrogen and oxygen atoms in total. The molecule has 0 amide bonds. The minimum absolute atomic E-state index is 0.0212. The van der Waals surface area contributed by atoms with E-state index in [1.54, 1.807) is 31.3 Å². The van der Waals surface area contributed by atoms with Crippen LogP contribution in [0.1, 0.15) is 6.92 Å². The summed E-state index contributed by atoms with van der Waals surface area (Å²) in [6.07, 6.45) is 0.705. The van der Waals surface area contributed by atoms with Gasteiger partial charge in [-0.15, -0.1) is 0 Å². The van der Waals surface area contributed by atoms with Gasteiger partial charge in [-0.1, -0.05) is 16.8 Å². The quantitative estimate of drug-likeness (QED) is 0.299. The van der Waals surface area contributed by atoms with Crippen LogP contribution in [0.2, 0.25) is 5.02 Å². The first-order valence-electron chi connectivity index (χ1n) is 6.44. The summed E-state index contributed by atoms with van der Waals surface area (Å²) >= 11 is 6.09. The lowest BCUT2D eigenvalue weighted by Crippen LogP contribution is -2.22. The number of carbonyl (C=O) groups excluding carboxylic acids is 1. The van der Waals surface area contributed by atoms with Gasteiger partial charge in [0.05, 0.1) is 11.6 Å². The number of halogens is 1. The average molecular weight is 324 g/mol. The summed E-state index contributed by atoms with van der Waals surface area (Å²) in [6, 6.07) is 6.99. The van der Waals surface area contributed by atoms with Gasteiger partial charge in [0.2, 0.25) is 0 Å². The molecule has 8 heteroatoms. The highest BCUT2D eigenvalue weighted by Crippen LogP contribution is 2.29. The molecule has 0 bridgehead atoms. The van der Waals surface area contributed by atoms with E-state index < -0.39 is 6.16 Å². The Morgan fingerprint density at radius 1 is 1.41 bits per heavy atom. The Hall–Kier alpha value is -2.54. The highest BCUT2D eigenvalue weighted by molar-refractivity contribution is 6.35. The average Bonchev–Trinajstić information content (AvgIpc) is 2.53. The van der Waals surface area contributed by atoms with Gasteiger partial charge in [-0.2, -0.15) is 0 Å². The zero-order valence-electron chi connectivity index (χ0n) is 11.8. The first-order valence-corrected chi connectivity index (χ1v) is 6.81. The summed E-state index contributed by atoms with van der Waals surface area (Å²) in [5.74, 6) is 0.473. The van der Waals surface area contributed by atoms with Gasteiger partial charge in [-0.3, -0.25) is 9.82 Å². The van der Waals surface area contributed by atoms with Gasteiger partial charge in [0.1, 0.15) is 17.9 Å². The Bertz CT molecular complexity index is 706. The molecule has 1 aromatic carbocycles. The first-order chi connectivity index (χ1) is 10.6. The number of nitrogens with zero attached hydrogens (tertiary/aromatic N) is 2. The van der Waals surface area contributed by atoms with Crippen LogP contribution in [0.4, 0.5) is 4.79 Å². The normalized spacial score (nSPS) is 11.3. The molecule has 0 aliphatic rings. The number of carbonyl (C=O) groups is 1. The standard InChI is InChI=1S/C14H14ClN3O4/c1-2-20-14(19)22-18-12(16)8-21-11-6-5-10(15)9-4-3-7-17-13(9)11/h3-7H,2,8H2,1H3,(H2,16,18). The minimum Gasteiger partial charge on any atom is -0.483 e. The molecule has 0 atom stereocenters. The molecule has 2 N–H and O–H groups in total. The smallest absolute Gasteiger partial charge is 0.483 e. The van der Waals surface area contributed by atoms with Crippen LogP contribution in [-0.4, -0.2) is 30.2 Å². The monoisotopic (exact) mass is 323 g/mol. The molecular weight excluding hydrogens is 310 g/mol. The molecule has 2 aromatic rings. The van der Waals surface area contributed by atoms with Crippen molar-refractivity contribution in [1.29, 1.82) is 0 Å². The fourth-order valence-electron chi connectivity index (χ4n) is 1.65. The molecule has 0 aliphatic heterocycles. The third kappa shape index (κ3) is 3.98. The van der Waals surface area contributed by atoms with E-state index in [4.69, 9.17) is 22.1 Å². The second-order valence-electron chi connectivity index (χ2n) is 4.09. The van der Waals surface area contributed by atoms with E-state index >= 15 is 0 Å². The number of amidine groups is 1. The Balaban J connectivity index is 2.04. The van der Waals surface area contributed by atoms with Gasteiger partial charge < -0.3 is 15.2 Å². The summed E-state index contributed by atoms with van der Waals surface area (Å²) in [6.45, 7) is 1.76. The zero-order chi connectivity index (χ0) is 15.9. The number of hydrogen-bond donors (Lipinski definition) is 1. The largest absolute Gasteiger partial charge is 0.535 e. The molecule has 0 fully saturated rings. The predicted molar refractivity (Wildman–Crippen MR) is 82.0 cm³/mol. The third-order valence-electron chi connectivity index (χ3n) is 2.55. The van der Waals surface area contributed by atoms with Crippen molar-refractivity contribution < 1.29 is 19.1 Å². The molecule has 22 heavy (non-hydrogen) atoms. The van der Waals surface area contributed by atoms with Crippen LogP contribution >= 0.6 is 11.6 Å². The number of oxime groups is 1. The lowest BCUT2D eigenvalue weighted by molar-refractivity contribution is 0.0608. The molecule has 0 radical (unpaired) electrons. The molecule has 1 aromatic heterocycles. The highest BCUT2D eigenvalue weighted by atomic mass is 35.5. The number of pyridine rings is 1. The number of hydrogen-bond acceptors (Lipinski definition) is 6. The summed E-state index contributed by atoms with van der Waals surface area (Å²) < 4.78 is 10.1. The van der Waals surface area contributed by atoms with Crippen molar-refractivity contribution in [3.63, 3.8) is 0 Å². The van der Waals surface area contributed by atoms with E-state index in [1.807, 2.05) is 6.07 Å². The fraction of sp³-hybridized carbons (Fsp3) is 0.214. The van der Waals surface area contributed by atoms with Crippen molar-refractivity contribution in [1.82, 2.24) is 4.98 Å². The summed E-state index contributed by atoms with van der Waals surface area (Å²) in [4.78, 5) is 19.6. The second-order valence-corrected chi connectivity index (χ2v) is 4.50. The Morgan fingerprint density at radius 2 is 2.23 bits per heavy atom. The maximum absolute atomic E-state index is 11.0. The predicted octanol–water partition coefficient (Wildman–Crippen LogP) is 2.71. The first kappa shape index (κ1) is 15.8. The number of benzene rings is 1. The van der Waals surface area contributed by atoms with Gasteiger partial charge in [-0.05, 0) is 31.2 Å². The highest BCUT2D eigenvalue weighted by Gasteiger charge is 2.08. The van der Waals surface area contributed by atoms with Crippen LogP contribution in [0.3, 0.4) is 0 Å². The van der Waals surface area contributed by atoms with Crippen molar-refractivity contribution in [2.75, 3.05) is 13.2 Å². The van der Waals surface area contributed by atoms with E-state index in [9.17, 15) is 4.79 Å². The van der Waals surface area contributed by atoms with E-state index in [-0.39, 0.29) is 19.0 Å². The Kier molecular flexibility index (Phi) is 5.37. The summed E-state index contributed by atoms with van der Waals surface area (Å²) in [5, 5.41) is 4.74. The topological polar surface area (TPSA) is 96.0 Å².